The second-order valence-corrected chi connectivity index (χ2v) is 5.97. The van der Waals surface area contributed by atoms with Crippen LogP contribution in [0.4, 0.5) is 14.5 Å². The Morgan fingerprint density at radius 1 is 1.33 bits per heavy atom. The first-order valence-corrected chi connectivity index (χ1v) is 7.76. The molecule has 0 heterocycles. The van der Waals surface area contributed by atoms with Crippen molar-refractivity contribution in [2.75, 3.05) is 7.11 Å². The van der Waals surface area contributed by atoms with E-state index in [4.69, 9.17) is 11.1 Å². The Bertz CT molecular complexity index is 840. The zero-order valence-electron chi connectivity index (χ0n) is 14.2. The maximum atomic E-state index is 13.1. The lowest BCUT2D eigenvalue weighted by molar-refractivity contribution is -0.155. The fourth-order valence-electron chi connectivity index (χ4n) is 2.78. The molecule has 0 saturated heterocycles. The molecular formula is C15H15F2N7O3. The van der Waals surface area contributed by atoms with Gasteiger partial charge in [0.05, 0.1) is 13.7 Å². The average molecular weight is 379 g/mol. The number of carbonyl (C=O) groups excluding carboxylic acids is 2. The van der Waals surface area contributed by atoms with Crippen molar-refractivity contribution in [2.24, 2.45) is 16.1 Å². The molecule has 1 N–H and O–H groups in total. The van der Waals surface area contributed by atoms with Crippen molar-refractivity contribution in [1.82, 2.24) is 5.32 Å². The van der Waals surface area contributed by atoms with Crippen LogP contribution in [0.2, 0.25) is 0 Å². The number of benzene rings is 1. The molecule has 0 spiro atoms. The van der Waals surface area contributed by atoms with Crippen molar-refractivity contribution in [1.29, 1.82) is 0 Å². The van der Waals surface area contributed by atoms with E-state index in [1.165, 1.54) is 18.2 Å². The van der Waals surface area contributed by atoms with Gasteiger partial charge in [0.15, 0.2) is 0 Å². The highest BCUT2D eigenvalue weighted by molar-refractivity contribution is 5.97. The SMILES string of the molecule is COC(=O)C(NC(=O)c1cc(CN=[N+]=[N-])cc(N=[N+]=[N-])c1)C1CC(F)(F)C1. The zero-order chi connectivity index (χ0) is 20.0. The minimum atomic E-state index is -2.87. The standard InChI is InChI=1S/C15H15F2N7O3/c1-27-14(26)12(10-5-15(16,17)6-10)21-13(25)9-2-8(7-20-23-18)3-11(4-9)22-24-19/h2-4,10,12H,5-7H2,1H3,(H,21,25). The molecule has 27 heavy (non-hydrogen) atoms. The largest absolute Gasteiger partial charge is 0.467 e. The van der Waals surface area contributed by atoms with Gasteiger partial charge >= 0.3 is 5.97 Å². The minimum absolute atomic E-state index is 0.0167. The third-order valence-electron chi connectivity index (χ3n) is 4.05. The summed E-state index contributed by atoms with van der Waals surface area (Å²) in [6, 6.07) is 2.84. The molecule has 2 rings (SSSR count). The molecule has 0 radical (unpaired) electrons. The molecule has 1 unspecified atom stereocenters. The molecule has 0 aliphatic heterocycles. The predicted octanol–water partition coefficient (Wildman–Crippen LogP) is 3.76. The van der Waals surface area contributed by atoms with Crippen LogP contribution in [0.1, 0.15) is 28.8 Å². The van der Waals surface area contributed by atoms with E-state index in [1.807, 2.05) is 0 Å². The number of rotatable bonds is 7. The molecule has 0 bridgehead atoms. The summed E-state index contributed by atoms with van der Waals surface area (Å²) in [6.45, 7) is -0.0964. The summed E-state index contributed by atoms with van der Waals surface area (Å²) in [5.74, 6) is -5.19. The van der Waals surface area contributed by atoms with E-state index in [9.17, 15) is 18.4 Å². The van der Waals surface area contributed by atoms with Crippen LogP contribution in [-0.4, -0.2) is 31.0 Å². The van der Waals surface area contributed by atoms with Crippen molar-refractivity contribution >= 4 is 17.6 Å². The minimum Gasteiger partial charge on any atom is -0.467 e. The van der Waals surface area contributed by atoms with Crippen molar-refractivity contribution in [2.45, 2.75) is 31.4 Å². The van der Waals surface area contributed by atoms with Crippen molar-refractivity contribution < 1.29 is 23.1 Å². The fraction of sp³-hybridized carbons (Fsp3) is 0.467. The van der Waals surface area contributed by atoms with Crippen LogP contribution in [0.15, 0.2) is 28.4 Å². The summed E-state index contributed by atoms with van der Waals surface area (Å²) < 4.78 is 30.9. The normalized spacial score (nSPS) is 16.1. The van der Waals surface area contributed by atoms with Gasteiger partial charge in [0.1, 0.15) is 6.04 Å². The summed E-state index contributed by atoms with van der Waals surface area (Å²) in [5.41, 5.74) is 17.5. The van der Waals surface area contributed by atoms with Crippen LogP contribution in [0.5, 0.6) is 0 Å². The second kappa shape index (κ2) is 8.35. The van der Waals surface area contributed by atoms with E-state index < -0.39 is 42.6 Å². The van der Waals surface area contributed by atoms with Gasteiger partial charge in [0.25, 0.3) is 5.91 Å². The summed E-state index contributed by atoms with van der Waals surface area (Å²) in [7, 11) is 1.10. The maximum absolute atomic E-state index is 13.1. The Hall–Kier alpha value is -3.36. The van der Waals surface area contributed by atoms with Crippen molar-refractivity contribution in [3.63, 3.8) is 0 Å². The summed E-state index contributed by atoms with van der Waals surface area (Å²) in [6.07, 6.45) is -1.07. The van der Waals surface area contributed by atoms with Crippen LogP contribution < -0.4 is 5.32 Å². The number of nitrogens with one attached hydrogen (secondary N) is 1. The van der Waals surface area contributed by atoms with Crippen molar-refractivity contribution in [3.05, 3.63) is 50.2 Å². The topological polar surface area (TPSA) is 153 Å². The van der Waals surface area contributed by atoms with Gasteiger partial charge in [-0.15, -0.1) is 0 Å². The Kier molecular flexibility index (Phi) is 6.17. The number of hydrogen-bond donors (Lipinski definition) is 1. The lowest BCUT2D eigenvalue weighted by atomic mass is 9.76. The van der Waals surface area contributed by atoms with Crippen molar-refractivity contribution in [3.8, 4) is 0 Å². The van der Waals surface area contributed by atoms with E-state index >= 15 is 0 Å². The molecular weight excluding hydrogens is 364 g/mol. The van der Waals surface area contributed by atoms with Crippen LogP contribution in [0.25, 0.3) is 20.9 Å². The number of halogens is 2. The van der Waals surface area contributed by atoms with Gasteiger partial charge in [-0.3, -0.25) is 4.79 Å². The summed E-state index contributed by atoms with van der Waals surface area (Å²) >= 11 is 0. The Labute approximate surface area is 151 Å². The van der Waals surface area contributed by atoms with Crippen LogP contribution >= 0.6 is 0 Å². The molecule has 10 nitrogen and oxygen atoms in total. The lowest BCUT2D eigenvalue weighted by Crippen LogP contribution is -2.53. The van der Waals surface area contributed by atoms with Crippen LogP contribution in [0.3, 0.4) is 0 Å². The molecule has 142 valence electrons. The first-order chi connectivity index (χ1) is 12.8. The number of carbonyl (C=O) groups is 2. The van der Waals surface area contributed by atoms with Gasteiger partial charge in [-0.25, -0.2) is 13.6 Å². The zero-order valence-corrected chi connectivity index (χ0v) is 14.2. The molecule has 1 aliphatic rings. The molecule has 1 aromatic carbocycles. The van der Waals surface area contributed by atoms with E-state index in [2.05, 4.69) is 30.1 Å². The first-order valence-electron chi connectivity index (χ1n) is 7.76. The molecule has 0 aromatic heterocycles. The molecule has 1 atom stereocenters. The highest BCUT2D eigenvalue weighted by Crippen LogP contribution is 2.44. The molecule has 1 aromatic rings. The summed E-state index contributed by atoms with van der Waals surface area (Å²) in [4.78, 5) is 29.7. The number of alkyl halides is 2. The van der Waals surface area contributed by atoms with E-state index in [-0.39, 0.29) is 17.8 Å². The van der Waals surface area contributed by atoms with Gasteiger partial charge in [0, 0.05) is 39.8 Å². The Morgan fingerprint density at radius 3 is 2.59 bits per heavy atom. The number of nitrogens with zero attached hydrogens (tertiary/aromatic N) is 6. The highest BCUT2D eigenvalue weighted by atomic mass is 19.3. The number of esters is 1. The average Bonchev–Trinajstić information content (AvgIpc) is 2.61. The maximum Gasteiger partial charge on any atom is 0.328 e. The summed E-state index contributed by atoms with van der Waals surface area (Å²) in [5, 5.41) is 9.17. The number of hydrogen-bond acceptors (Lipinski definition) is 5. The molecule has 1 fully saturated rings. The third kappa shape index (κ3) is 5.06. The lowest BCUT2D eigenvalue weighted by Gasteiger charge is -2.38. The van der Waals surface area contributed by atoms with Crippen LogP contribution in [0, 0.1) is 5.92 Å². The quantitative estimate of drug-likeness (QED) is 0.332. The third-order valence-corrected chi connectivity index (χ3v) is 4.05. The number of ether oxygens (including phenoxy) is 1. The van der Waals surface area contributed by atoms with Gasteiger partial charge in [-0.2, -0.15) is 0 Å². The number of methoxy groups -OCH3 is 1. The van der Waals surface area contributed by atoms with Gasteiger partial charge < -0.3 is 10.1 Å². The molecule has 1 saturated carbocycles. The number of amides is 1. The highest BCUT2D eigenvalue weighted by Gasteiger charge is 2.51. The van der Waals surface area contributed by atoms with Gasteiger partial charge in [-0.05, 0) is 34.8 Å². The Balaban J connectivity index is 2.25. The fourth-order valence-corrected chi connectivity index (χ4v) is 2.78. The van der Waals surface area contributed by atoms with Gasteiger partial charge in [0.2, 0.25) is 5.92 Å². The van der Waals surface area contributed by atoms with Gasteiger partial charge in [-0.1, -0.05) is 10.2 Å². The second-order valence-electron chi connectivity index (χ2n) is 5.97. The first kappa shape index (κ1) is 20.0. The van der Waals surface area contributed by atoms with E-state index in [1.54, 1.807) is 0 Å². The molecule has 1 aliphatic carbocycles. The molecule has 12 heteroatoms. The number of azide groups is 2. The van der Waals surface area contributed by atoms with E-state index in [0.29, 0.717) is 5.56 Å². The van der Waals surface area contributed by atoms with E-state index in [0.717, 1.165) is 7.11 Å². The monoisotopic (exact) mass is 379 g/mol. The smallest absolute Gasteiger partial charge is 0.328 e. The predicted molar refractivity (Wildman–Crippen MR) is 89.0 cm³/mol. The molecule has 1 amide bonds. The Morgan fingerprint density at radius 2 is 2.04 bits per heavy atom. The van der Waals surface area contributed by atoms with Crippen LogP contribution in [-0.2, 0) is 16.1 Å².